The van der Waals surface area contributed by atoms with Crippen LogP contribution in [-0.2, 0) is 14.6 Å². The smallest absolute Gasteiger partial charge is 0.305 e. The summed E-state index contributed by atoms with van der Waals surface area (Å²) in [6.07, 6.45) is -1.10. The third kappa shape index (κ3) is 3.49. The number of hydrogen-bond acceptors (Lipinski definition) is 5. The van der Waals surface area contributed by atoms with Crippen molar-refractivity contribution < 1.29 is 23.4 Å². The summed E-state index contributed by atoms with van der Waals surface area (Å²) < 4.78 is 23.2. The molecule has 1 aromatic carbocycles. The fourth-order valence-electron chi connectivity index (χ4n) is 2.43. The molecule has 0 spiro atoms. The number of para-hydroxylation sites is 1. The van der Waals surface area contributed by atoms with Crippen molar-refractivity contribution in [1.82, 2.24) is 0 Å². The van der Waals surface area contributed by atoms with Crippen LogP contribution in [0.3, 0.4) is 0 Å². The first-order chi connectivity index (χ1) is 9.39. The number of nitrogens with zero attached hydrogens (tertiary/aromatic N) is 1. The maximum Gasteiger partial charge on any atom is 0.305 e. The number of benzene rings is 1. The third-order valence-corrected chi connectivity index (χ3v) is 5.05. The van der Waals surface area contributed by atoms with Gasteiger partial charge >= 0.3 is 5.97 Å². The molecule has 0 aromatic heterocycles. The molecule has 6 nitrogen and oxygen atoms in total. The lowest BCUT2D eigenvalue weighted by Gasteiger charge is -2.32. The van der Waals surface area contributed by atoms with E-state index in [9.17, 15) is 18.3 Å². The van der Waals surface area contributed by atoms with E-state index in [-0.39, 0.29) is 24.5 Å². The summed E-state index contributed by atoms with van der Waals surface area (Å²) in [6.45, 7) is 0.163. The highest BCUT2D eigenvalue weighted by molar-refractivity contribution is 7.91. The maximum absolute atomic E-state index is 11.6. The second kappa shape index (κ2) is 5.80. The van der Waals surface area contributed by atoms with E-state index in [1.54, 1.807) is 29.2 Å². The molecule has 0 radical (unpaired) electrons. The van der Waals surface area contributed by atoms with Crippen LogP contribution in [0.15, 0.2) is 30.3 Å². The van der Waals surface area contributed by atoms with Gasteiger partial charge in [0.25, 0.3) is 0 Å². The number of carboxylic acids is 1. The predicted octanol–water partition coefficient (Wildman–Crippen LogP) is 0.126. The maximum atomic E-state index is 11.6. The second-order valence-corrected chi connectivity index (χ2v) is 7.04. The molecule has 0 amide bonds. The molecular formula is C13H17NO5S. The summed E-state index contributed by atoms with van der Waals surface area (Å²) in [6, 6.07) is 8.36. The van der Waals surface area contributed by atoms with Crippen molar-refractivity contribution in [3.63, 3.8) is 0 Å². The lowest BCUT2D eigenvalue weighted by Crippen LogP contribution is -2.44. The quantitative estimate of drug-likeness (QED) is 0.802. The molecule has 110 valence electrons. The number of sulfone groups is 1. The number of aliphatic hydroxyl groups excluding tert-OH is 1. The molecule has 0 aliphatic carbocycles. The van der Waals surface area contributed by atoms with Gasteiger partial charge in [-0.05, 0) is 12.1 Å². The summed E-state index contributed by atoms with van der Waals surface area (Å²) >= 11 is 0. The zero-order chi connectivity index (χ0) is 14.8. The van der Waals surface area contributed by atoms with E-state index >= 15 is 0 Å². The van der Waals surface area contributed by atoms with Crippen molar-refractivity contribution >= 4 is 21.5 Å². The Morgan fingerprint density at radius 2 is 1.90 bits per heavy atom. The number of carbonyl (C=O) groups is 1. The van der Waals surface area contributed by atoms with E-state index in [2.05, 4.69) is 0 Å². The van der Waals surface area contributed by atoms with Crippen LogP contribution in [-0.4, -0.2) is 54.8 Å². The molecule has 0 saturated carbocycles. The standard InChI is InChI=1S/C13H17NO5S/c15-12-9-20(18,19)8-11(12)14(7-6-13(16)17)10-4-2-1-3-5-10/h1-5,11-12,15H,6-9H2,(H,16,17). The first-order valence-electron chi connectivity index (χ1n) is 6.31. The van der Waals surface area contributed by atoms with Crippen LogP contribution in [0, 0.1) is 0 Å². The number of anilines is 1. The van der Waals surface area contributed by atoms with E-state index in [1.807, 2.05) is 6.07 Å². The molecule has 7 heteroatoms. The summed E-state index contributed by atoms with van der Waals surface area (Å²) in [5.74, 6) is -1.38. The summed E-state index contributed by atoms with van der Waals surface area (Å²) in [5.41, 5.74) is 0.718. The number of aliphatic hydroxyl groups is 1. The molecule has 1 aromatic rings. The molecule has 1 aliphatic rings. The van der Waals surface area contributed by atoms with Gasteiger partial charge in [-0.15, -0.1) is 0 Å². The average molecular weight is 299 g/mol. The van der Waals surface area contributed by atoms with Crippen LogP contribution in [0.2, 0.25) is 0 Å². The molecule has 2 atom stereocenters. The molecule has 20 heavy (non-hydrogen) atoms. The molecule has 2 N–H and O–H groups in total. The zero-order valence-corrected chi connectivity index (χ0v) is 11.7. The highest BCUT2D eigenvalue weighted by atomic mass is 32.2. The summed E-state index contributed by atoms with van der Waals surface area (Å²) in [4.78, 5) is 12.4. The van der Waals surface area contributed by atoms with Crippen LogP contribution >= 0.6 is 0 Å². The number of rotatable bonds is 5. The Kier molecular flexibility index (Phi) is 4.29. The lowest BCUT2D eigenvalue weighted by atomic mass is 10.1. The van der Waals surface area contributed by atoms with Crippen LogP contribution < -0.4 is 4.90 Å². The van der Waals surface area contributed by atoms with E-state index in [0.717, 1.165) is 5.69 Å². The third-order valence-electron chi connectivity index (χ3n) is 3.35. The lowest BCUT2D eigenvalue weighted by molar-refractivity contribution is -0.136. The SMILES string of the molecule is O=C(O)CCN(c1ccccc1)C1CS(=O)(=O)CC1O. The van der Waals surface area contributed by atoms with Gasteiger partial charge in [0, 0.05) is 12.2 Å². The van der Waals surface area contributed by atoms with E-state index in [4.69, 9.17) is 5.11 Å². The van der Waals surface area contributed by atoms with E-state index in [1.165, 1.54) is 0 Å². The molecule has 1 aliphatic heterocycles. The highest BCUT2D eigenvalue weighted by Crippen LogP contribution is 2.24. The number of hydrogen-bond donors (Lipinski definition) is 2. The Morgan fingerprint density at radius 3 is 2.40 bits per heavy atom. The Balaban J connectivity index is 2.25. The molecule has 1 fully saturated rings. The second-order valence-electron chi connectivity index (χ2n) is 4.88. The highest BCUT2D eigenvalue weighted by Gasteiger charge is 2.40. The molecule has 1 saturated heterocycles. The van der Waals surface area contributed by atoms with Gasteiger partial charge in [0.15, 0.2) is 9.84 Å². The fraction of sp³-hybridized carbons (Fsp3) is 0.462. The Labute approximate surface area is 117 Å². The van der Waals surface area contributed by atoms with Crippen molar-refractivity contribution in [3.8, 4) is 0 Å². The Morgan fingerprint density at radius 1 is 1.25 bits per heavy atom. The monoisotopic (exact) mass is 299 g/mol. The van der Waals surface area contributed by atoms with Crippen LogP contribution in [0.4, 0.5) is 5.69 Å². The van der Waals surface area contributed by atoms with Crippen molar-refractivity contribution in [2.75, 3.05) is 23.0 Å². The van der Waals surface area contributed by atoms with Gasteiger partial charge in [-0.3, -0.25) is 4.79 Å². The van der Waals surface area contributed by atoms with Gasteiger partial charge in [0.1, 0.15) is 0 Å². The van der Waals surface area contributed by atoms with Crippen molar-refractivity contribution in [2.45, 2.75) is 18.6 Å². The number of carboxylic acid groups (broad SMARTS) is 1. The largest absolute Gasteiger partial charge is 0.481 e. The minimum absolute atomic E-state index is 0.113. The first-order valence-corrected chi connectivity index (χ1v) is 8.13. The van der Waals surface area contributed by atoms with Gasteiger partial charge in [-0.2, -0.15) is 0 Å². The predicted molar refractivity (Wildman–Crippen MR) is 74.5 cm³/mol. The van der Waals surface area contributed by atoms with Crippen molar-refractivity contribution in [3.05, 3.63) is 30.3 Å². The zero-order valence-electron chi connectivity index (χ0n) is 10.8. The van der Waals surface area contributed by atoms with Gasteiger partial charge < -0.3 is 15.1 Å². The normalized spacial score (nSPS) is 24.4. The summed E-state index contributed by atoms with van der Waals surface area (Å²) in [5, 5.41) is 18.8. The Bertz CT molecular complexity index is 572. The van der Waals surface area contributed by atoms with Crippen molar-refractivity contribution in [1.29, 1.82) is 0 Å². The van der Waals surface area contributed by atoms with Gasteiger partial charge in [0.2, 0.25) is 0 Å². The topological polar surface area (TPSA) is 94.9 Å². The van der Waals surface area contributed by atoms with E-state index < -0.39 is 28.0 Å². The number of aliphatic carboxylic acids is 1. The minimum Gasteiger partial charge on any atom is -0.481 e. The molecular weight excluding hydrogens is 282 g/mol. The average Bonchev–Trinajstić information content (AvgIpc) is 2.64. The van der Waals surface area contributed by atoms with Crippen LogP contribution in [0.1, 0.15) is 6.42 Å². The van der Waals surface area contributed by atoms with Gasteiger partial charge in [-0.1, -0.05) is 18.2 Å². The summed E-state index contributed by atoms with van der Waals surface area (Å²) in [7, 11) is -3.28. The first kappa shape index (κ1) is 14.8. The minimum atomic E-state index is -3.28. The van der Waals surface area contributed by atoms with Crippen LogP contribution in [0.25, 0.3) is 0 Å². The molecule has 2 unspecified atom stereocenters. The fourth-order valence-corrected chi connectivity index (χ4v) is 4.23. The van der Waals surface area contributed by atoms with E-state index in [0.29, 0.717) is 0 Å². The van der Waals surface area contributed by atoms with Crippen LogP contribution in [0.5, 0.6) is 0 Å². The Hall–Kier alpha value is -1.60. The molecule has 1 heterocycles. The van der Waals surface area contributed by atoms with Crippen molar-refractivity contribution in [2.24, 2.45) is 0 Å². The van der Waals surface area contributed by atoms with Gasteiger partial charge in [0.05, 0.1) is 30.1 Å². The van der Waals surface area contributed by atoms with Gasteiger partial charge in [-0.25, -0.2) is 8.42 Å². The molecule has 0 bridgehead atoms. The molecule has 2 rings (SSSR count).